The molecule has 1 saturated heterocycles. The monoisotopic (exact) mass is 240 g/mol. The van der Waals surface area contributed by atoms with Gasteiger partial charge in [0.1, 0.15) is 11.0 Å². The number of halogens is 1. The topological polar surface area (TPSA) is 54.2 Å². The van der Waals surface area contributed by atoms with Crippen LogP contribution in [0.1, 0.15) is 6.42 Å². The van der Waals surface area contributed by atoms with E-state index in [4.69, 9.17) is 17.3 Å². The minimum atomic E-state index is 0.436. The highest BCUT2D eigenvalue weighted by molar-refractivity contribution is 6.29. The largest absolute Gasteiger partial charge is 0.399 e. The molecule has 0 saturated carbocycles. The molecule has 1 aliphatic rings. The molecule has 2 heterocycles. The van der Waals surface area contributed by atoms with Crippen LogP contribution in [-0.4, -0.2) is 36.6 Å². The number of anilines is 2. The quantitative estimate of drug-likeness (QED) is 0.790. The van der Waals surface area contributed by atoms with E-state index in [1.165, 1.54) is 13.0 Å². The zero-order valence-electron chi connectivity index (χ0n) is 9.41. The van der Waals surface area contributed by atoms with Crippen LogP contribution in [0.4, 0.5) is 11.5 Å². The maximum atomic E-state index is 5.83. The number of hydrogen-bond donors (Lipinski definition) is 2. The maximum absolute atomic E-state index is 5.83. The van der Waals surface area contributed by atoms with Gasteiger partial charge < -0.3 is 16.0 Å². The van der Waals surface area contributed by atoms with Crippen molar-refractivity contribution >= 4 is 23.1 Å². The van der Waals surface area contributed by atoms with Gasteiger partial charge >= 0.3 is 0 Å². The first-order chi connectivity index (χ1) is 7.63. The highest BCUT2D eigenvalue weighted by Gasteiger charge is 2.18. The van der Waals surface area contributed by atoms with Crippen molar-refractivity contribution in [2.75, 3.05) is 37.7 Å². The summed E-state index contributed by atoms with van der Waals surface area (Å²) in [4.78, 5) is 6.51. The predicted molar refractivity (Wildman–Crippen MR) is 67.8 cm³/mol. The summed E-state index contributed by atoms with van der Waals surface area (Å²) in [7, 11) is 2.15. The van der Waals surface area contributed by atoms with Crippen molar-refractivity contribution in [3.05, 3.63) is 17.3 Å². The Morgan fingerprint density at radius 1 is 1.62 bits per heavy atom. The fourth-order valence-corrected chi connectivity index (χ4v) is 2.27. The number of nitrogen functional groups attached to an aromatic ring is 1. The van der Waals surface area contributed by atoms with Crippen LogP contribution < -0.4 is 11.1 Å². The first-order valence-electron chi connectivity index (χ1n) is 5.49. The van der Waals surface area contributed by atoms with E-state index >= 15 is 0 Å². The van der Waals surface area contributed by atoms with Gasteiger partial charge in [0.15, 0.2) is 0 Å². The second-order valence-corrected chi connectivity index (χ2v) is 4.79. The molecule has 1 unspecified atom stereocenters. The smallest absolute Gasteiger partial charge is 0.133 e. The molecule has 1 atom stereocenters. The standard InChI is InChI=1S/C11H17ClN4/c1-16-3-2-8(7-16)6-14-11-5-9(13)4-10(12)15-11/h4-5,8H,2-3,6-7H2,1H3,(H3,13,14,15). The van der Waals surface area contributed by atoms with Crippen molar-refractivity contribution in [2.45, 2.75) is 6.42 Å². The molecule has 1 aliphatic heterocycles. The second kappa shape index (κ2) is 4.89. The summed E-state index contributed by atoms with van der Waals surface area (Å²) in [5.74, 6) is 1.45. The zero-order valence-corrected chi connectivity index (χ0v) is 10.2. The van der Waals surface area contributed by atoms with Gasteiger partial charge in [-0.3, -0.25) is 0 Å². The van der Waals surface area contributed by atoms with Crippen molar-refractivity contribution in [1.29, 1.82) is 0 Å². The first-order valence-corrected chi connectivity index (χ1v) is 5.87. The first kappa shape index (κ1) is 11.5. The highest BCUT2D eigenvalue weighted by atomic mass is 35.5. The minimum absolute atomic E-state index is 0.436. The molecule has 0 aliphatic carbocycles. The number of nitrogens with two attached hydrogens (primary N) is 1. The lowest BCUT2D eigenvalue weighted by atomic mass is 10.1. The van der Waals surface area contributed by atoms with E-state index < -0.39 is 0 Å². The normalized spacial score (nSPS) is 21.2. The van der Waals surface area contributed by atoms with E-state index in [-0.39, 0.29) is 0 Å². The summed E-state index contributed by atoms with van der Waals surface area (Å²) in [5, 5.41) is 3.72. The average Bonchev–Trinajstić information content (AvgIpc) is 2.60. The van der Waals surface area contributed by atoms with Crippen molar-refractivity contribution in [3.63, 3.8) is 0 Å². The zero-order chi connectivity index (χ0) is 11.5. The summed E-state index contributed by atoms with van der Waals surface area (Å²) < 4.78 is 0. The highest BCUT2D eigenvalue weighted by Crippen LogP contribution is 2.18. The van der Waals surface area contributed by atoms with Gasteiger partial charge in [0, 0.05) is 24.8 Å². The van der Waals surface area contributed by atoms with E-state index in [1.54, 1.807) is 6.07 Å². The Labute approximate surface area is 101 Å². The van der Waals surface area contributed by atoms with Crippen molar-refractivity contribution in [1.82, 2.24) is 9.88 Å². The lowest BCUT2D eigenvalue weighted by Gasteiger charge is -2.12. The third kappa shape index (κ3) is 3.00. The molecule has 5 heteroatoms. The molecule has 2 rings (SSSR count). The van der Waals surface area contributed by atoms with E-state index in [0.717, 1.165) is 18.9 Å². The third-order valence-corrected chi connectivity index (χ3v) is 3.07. The van der Waals surface area contributed by atoms with Crippen LogP contribution in [0.3, 0.4) is 0 Å². The van der Waals surface area contributed by atoms with Gasteiger partial charge in [-0.15, -0.1) is 0 Å². The molecule has 0 aromatic carbocycles. The number of nitrogens with one attached hydrogen (secondary N) is 1. The third-order valence-electron chi connectivity index (χ3n) is 2.88. The van der Waals surface area contributed by atoms with E-state index in [2.05, 4.69) is 22.2 Å². The van der Waals surface area contributed by atoms with E-state index in [0.29, 0.717) is 16.8 Å². The van der Waals surface area contributed by atoms with Crippen molar-refractivity contribution in [2.24, 2.45) is 5.92 Å². The summed E-state index contributed by atoms with van der Waals surface area (Å²) in [6.45, 7) is 3.25. The molecule has 1 aromatic heterocycles. The Hall–Kier alpha value is -1.00. The molecule has 1 aromatic rings. The average molecular weight is 241 g/mol. The number of rotatable bonds is 3. The van der Waals surface area contributed by atoms with Gasteiger partial charge in [0.25, 0.3) is 0 Å². The fourth-order valence-electron chi connectivity index (χ4n) is 2.05. The second-order valence-electron chi connectivity index (χ2n) is 4.41. The van der Waals surface area contributed by atoms with Gasteiger partial charge in [-0.2, -0.15) is 0 Å². The fraction of sp³-hybridized carbons (Fsp3) is 0.545. The summed E-state index contributed by atoms with van der Waals surface area (Å²) in [5.41, 5.74) is 6.34. The Morgan fingerprint density at radius 2 is 2.44 bits per heavy atom. The molecule has 0 spiro atoms. The molecule has 88 valence electrons. The van der Waals surface area contributed by atoms with Gasteiger partial charge in [0.2, 0.25) is 0 Å². The van der Waals surface area contributed by atoms with Crippen LogP contribution in [-0.2, 0) is 0 Å². The number of hydrogen-bond acceptors (Lipinski definition) is 4. The summed E-state index contributed by atoms with van der Waals surface area (Å²) in [6, 6.07) is 3.46. The van der Waals surface area contributed by atoms with Gasteiger partial charge in [-0.05, 0) is 32.0 Å². The number of likely N-dealkylation sites (tertiary alicyclic amines) is 1. The van der Waals surface area contributed by atoms with Crippen LogP contribution >= 0.6 is 11.6 Å². The lowest BCUT2D eigenvalue weighted by molar-refractivity contribution is 0.399. The Balaban J connectivity index is 1.89. The number of pyridine rings is 1. The van der Waals surface area contributed by atoms with Gasteiger partial charge in [-0.1, -0.05) is 11.6 Å². The maximum Gasteiger partial charge on any atom is 0.133 e. The SMILES string of the molecule is CN1CCC(CNc2cc(N)cc(Cl)n2)C1. The summed E-state index contributed by atoms with van der Waals surface area (Å²) >= 11 is 5.83. The Morgan fingerprint density at radius 3 is 3.06 bits per heavy atom. The lowest BCUT2D eigenvalue weighted by Crippen LogP contribution is -2.19. The molecule has 4 nitrogen and oxygen atoms in total. The van der Waals surface area contributed by atoms with Crippen LogP contribution in [0.15, 0.2) is 12.1 Å². The molecule has 1 fully saturated rings. The molecular formula is C11H17ClN4. The van der Waals surface area contributed by atoms with Crippen molar-refractivity contribution < 1.29 is 0 Å². The van der Waals surface area contributed by atoms with Crippen LogP contribution in [0.25, 0.3) is 0 Å². The molecular weight excluding hydrogens is 224 g/mol. The minimum Gasteiger partial charge on any atom is -0.399 e. The van der Waals surface area contributed by atoms with Gasteiger partial charge in [0.05, 0.1) is 0 Å². The summed E-state index contributed by atoms with van der Waals surface area (Å²) in [6.07, 6.45) is 1.24. The number of aromatic nitrogens is 1. The van der Waals surface area contributed by atoms with Crippen LogP contribution in [0.2, 0.25) is 5.15 Å². The van der Waals surface area contributed by atoms with Crippen LogP contribution in [0.5, 0.6) is 0 Å². The van der Waals surface area contributed by atoms with E-state index in [9.17, 15) is 0 Å². The molecule has 0 bridgehead atoms. The molecule has 0 radical (unpaired) electrons. The Bertz CT molecular complexity index is 349. The molecule has 0 amide bonds. The van der Waals surface area contributed by atoms with Crippen LogP contribution in [0, 0.1) is 5.92 Å². The number of nitrogens with zero attached hydrogens (tertiary/aromatic N) is 2. The van der Waals surface area contributed by atoms with Crippen molar-refractivity contribution in [3.8, 4) is 0 Å². The molecule has 16 heavy (non-hydrogen) atoms. The Kier molecular flexibility index (Phi) is 3.51. The van der Waals surface area contributed by atoms with Gasteiger partial charge in [-0.25, -0.2) is 4.98 Å². The molecule has 3 N–H and O–H groups in total. The van der Waals surface area contributed by atoms with E-state index in [1.807, 2.05) is 6.07 Å². The predicted octanol–water partition coefficient (Wildman–Crippen LogP) is 1.68.